The molecule has 0 spiro atoms. The third-order valence-corrected chi connectivity index (χ3v) is 2.07. The number of rotatable bonds is 4. The maximum atomic E-state index is 8.98. The van der Waals surface area contributed by atoms with E-state index in [1.165, 1.54) is 0 Å². The van der Waals surface area contributed by atoms with E-state index in [4.69, 9.17) is 9.84 Å². The molecule has 12 heavy (non-hydrogen) atoms. The van der Waals surface area contributed by atoms with Crippen molar-refractivity contribution >= 4 is 22.6 Å². The molecule has 4 nitrogen and oxygen atoms in total. The highest BCUT2D eigenvalue weighted by molar-refractivity contribution is 14.1. The van der Waals surface area contributed by atoms with Crippen LogP contribution in [0.4, 0.5) is 0 Å². The lowest BCUT2D eigenvalue weighted by molar-refractivity contribution is 0.108. The van der Waals surface area contributed by atoms with Gasteiger partial charge in [-0.05, 0) is 22.6 Å². The van der Waals surface area contributed by atoms with Crippen molar-refractivity contribution in [3.05, 3.63) is 16.0 Å². The Morgan fingerprint density at radius 3 is 3.00 bits per heavy atom. The molecule has 0 aliphatic heterocycles. The average molecular weight is 282 g/mol. The lowest BCUT2D eigenvalue weighted by Gasteiger charge is -2.12. The van der Waals surface area contributed by atoms with Crippen LogP contribution in [0.25, 0.3) is 0 Å². The Morgan fingerprint density at radius 2 is 2.58 bits per heavy atom. The van der Waals surface area contributed by atoms with Crippen LogP contribution in [0.5, 0.6) is 0 Å². The second-order valence-corrected chi connectivity index (χ2v) is 3.68. The molecular formula is C7H11IN2O2. The van der Waals surface area contributed by atoms with E-state index in [1.54, 1.807) is 18.0 Å². The van der Waals surface area contributed by atoms with Crippen LogP contribution < -0.4 is 0 Å². The molecular weight excluding hydrogens is 271 g/mol. The van der Waals surface area contributed by atoms with Crippen LogP contribution in [-0.2, 0) is 4.74 Å². The average Bonchev–Trinajstić information content (AvgIpc) is 2.47. The molecule has 0 aliphatic rings. The number of hydrogen-bond acceptors (Lipinski definition) is 3. The standard InChI is InChI=1S/C7H11IN2O2/c1-12-5-7(4-11)10-3-6(8)2-9-10/h2-3,7,11H,4-5H2,1H3. The lowest BCUT2D eigenvalue weighted by Crippen LogP contribution is -2.18. The Bertz CT molecular complexity index is 239. The van der Waals surface area contributed by atoms with E-state index in [1.807, 2.05) is 6.20 Å². The molecule has 1 aromatic heterocycles. The largest absolute Gasteiger partial charge is 0.394 e. The van der Waals surface area contributed by atoms with Gasteiger partial charge in [-0.2, -0.15) is 5.10 Å². The first-order chi connectivity index (χ1) is 5.77. The van der Waals surface area contributed by atoms with E-state index in [2.05, 4.69) is 27.7 Å². The molecule has 0 bridgehead atoms. The van der Waals surface area contributed by atoms with Crippen molar-refractivity contribution in [1.29, 1.82) is 0 Å². The number of nitrogens with zero attached hydrogens (tertiary/aromatic N) is 2. The predicted octanol–water partition coefficient (Wildman–Crippen LogP) is 0.667. The smallest absolute Gasteiger partial charge is 0.0982 e. The number of aromatic nitrogens is 2. The maximum Gasteiger partial charge on any atom is 0.0982 e. The summed E-state index contributed by atoms with van der Waals surface area (Å²) in [4.78, 5) is 0. The topological polar surface area (TPSA) is 47.3 Å². The summed E-state index contributed by atoms with van der Waals surface area (Å²) in [5.74, 6) is 0. The first kappa shape index (κ1) is 9.94. The van der Waals surface area contributed by atoms with Crippen molar-refractivity contribution in [2.24, 2.45) is 0 Å². The molecule has 5 heteroatoms. The van der Waals surface area contributed by atoms with Crippen LogP contribution in [0.2, 0.25) is 0 Å². The van der Waals surface area contributed by atoms with Crippen molar-refractivity contribution in [2.75, 3.05) is 20.3 Å². The molecule has 0 radical (unpaired) electrons. The minimum Gasteiger partial charge on any atom is -0.394 e. The highest BCUT2D eigenvalue weighted by Crippen LogP contribution is 2.08. The SMILES string of the molecule is COCC(CO)n1cc(I)cn1. The van der Waals surface area contributed by atoms with Crippen LogP contribution in [0.3, 0.4) is 0 Å². The van der Waals surface area contributed by atoms with Gasteiger partial charge in [-0.1, -0.05) is 0 Å². The van der Waals surface area contributed by atoms with Gasteiger partial charge in [0.1, 0.15) is 0 Å². The maximum absolute atomic E-state index is 8.98. The number of aliphatic hydroxyl groups is 1. The molecule has 0 saturated carbocycles. The second kappa shape index (κ2) is 4.78. The van der Waals surface area contributed by atoms with Gasteiger partial charge < -0.3 is 9.84 Å². The summed E-state index contributed by atoms with van der Waals surface area (Å²) in [6.45, 7) is 0.528. The van der Waals surface area contributed by atoms with Crippen molar-refractivity contribution in [1.82, 2.24) is 9.78 Å². The van der Waals surface area contributed by atoms with Crippen molar-refractivity contribution < 1.29 is 9.84 Å². The minimum atomic E-state index is -0.0708. The van der Waals surface area contributed by atoms with E-state index in [0.717, 1.165) is 3.57 Å². The third kappa shape index (κ3) is 2.43. The predicted molar refractivity (Wildman–Crippen MR) is 52.9 cm³/mol. The van der Waals surface area contributed by atoms with Gasteiger partial charge in [0.05, 0.1) is 29.0 Å². The zero-order chi connectivity index (χ0) is 8.97. The second-order valence-electron chi connectivity index (χ2n) is 2.43. The van der Waals surface area contributed by atoms with E-state index in [9.17, 15) is 0 Å². The zero-order valence-electron chi connectivity index (χ0n) is 6.77. The van der Waals surface area contributed by atoms with Gasteiger partial charge in [-0.3, -0.25) is 4.68 Å². The van der Waals surface area contributed by atoms with Crippen molar-refractivity contribution in [3.63, 3.8) is 0 Å². The highest BCUT2D eigenvalue weighted by Gasteiger charge is 2.09. The van der Waals surface area contributed by atoms with Gasteiger partial charge in [0.15, 0.2) is 0 Å². The summed E-state index contributed by atoms with van der Waals surface area (Å²) in [5.41, 5.74) is 0. The Balaban J connectivity index is 2.66. The highest BCUT2D eigenvalue weighted by atomic mass is 127. The molecule has 0 fully saturated rings. The van der Waals surface area contributed by atoms with E-state index >= 15 is 0 Å². The van der Waals surface area contributed by atoms with Gasteiger partial charge in [0.25, 0.3) is 0 Å². The number of halogens is 1. The molecule has 1 N–H and O–H groups in total. The molecule has 0 aromatic carbocycles. The van der Waals surface area contributed by atoms with Crippen LogP contribution >= 0.6 is 22.6 Å². The molecule has 0 amide bonds. The molecule has 1 aromatic rings. The normalized spacial score (nSPS) is 13.2. The lowest BCUT2D eigenvalue weighted by atomic mass is 10.3. The molecule has 1 atom stereocenters. The number of ether oxygens (including phenoxy) is 1. The Labute approximate surface area is 84.7 Å². The van der Waals surface area contributed by atoms with Crippen LogP contribution in [0, 0.1) is 3.57 Å². The summed E-state index contributed by atoms with van der Waals surface area (Å²) in [5, 5.41) is 13.1. The van der Waals surface area contributed by atoms with Crippen molar-refractivity contribution in [2.45, 2.75) is 6.04 Å². The van der Waals surface area contributed by atoms with Gasteiger partial charge in [0, 0.05) is 13.3 Å². The first-order valence-corrected chi connectivity index (χ1v) is 4.65. The minimum absolute atomic E-state index is 0.0472. The van der Waals surface area contributed by atoms with E-state index in [-0.39, 0.29) is 12.6 Å². The summed E-state index contributed by atoms with van der Waals surface area (Å²) in [6, 6.07) is -0.0708. The summed E-state index contributed by atoms with van der Waals surface area (Å²) < 4.78 is 7.71. The molecule has 1 unspecified atom stereocenters. The third-order valence-electron chi connectivity index (χ3n) is 1.51. The molecule has 0 aliphatic carbocycles. The molecule has 1 rings (SSSR count). The molecule has 68 valence electrons. The van der Waals surface area contributed by atoms with Crippen LogP contribution in [0.1, 0.15) is 6.04 Å². The van der Waals surface area contributed by atoms with Gasteiger partial charge in [-0.25, -0.2) is 0 Å². The van der Waals surface area contributed by atoms with Crippen molar-refractivity contribution in [3.8, 4) is 0 Å². The summed E-state index contributed by atoms with van der Waals surface area (Å²) in [7, 11) is 1.61. The fraction of sp³-hybridized carbons (Fsp3) is 0.571. The van der Waals surface area contributed by atoms with Gasteiger partial charge in [0.2, 0.25) is 0 Å². The van der Waals surface area contributed by atoms with E-state index < -0.39 is 0 Å². The molecule has 1 heterocycles. The first-order valence-electron chi connectivity index (χ1n) is 3.57. The Hall–Kier alpha value is -0.140. The van der Waals surface area contributed by atoms with E-state index in [0.29, 0.717) is 6.61 Å². The Kier molecular flexibility index (Phi) is 3.96. The van der Waals surface area contributed by atoms with Crippen LogP contribution in [0.15, 0.2) is 12.4 Å². The number of methoxy groups -OCH3 is 1. The number of aliphatic hydroxyl groups excluding tert-OH is 1. The van der Waals surface area contributed by atoms with Gasteiger partial charge in [-0.15, -0.1) is 0 Å². The fourth-order valence-electron chi connectivity index (χ4n) is 0.920. The summed E-state index contributed by atoms with van der Waals surface area (Å²) in [6.07, 6.45) is 3.62. The molecule has 0 saturated heterocycles. The Morgan fingerprint density at radius 1 is 1.83 bits per heavy atom. The quantitative estimate of drug-likeness (QED) is 0.826. The number of hydrogen-bond donors (Lipinski definition) is 1. The fourth-order valence-corrected chi connectivity index (χ4v) is 1.33. The monoisotopic (exact) mass is 282 g/mol. The summed E-state index contributed by atoms with van der Waals surface area (Å²) >= 11 is 2.17. The van der Waals surface area contributed by atoms with Crippen LogP contribution in [-0.4, -0.2) is 35.2 Å². The van der Waals surface area contributed by atoms with Gasteiger partial charge >= 0.3 is 0 Å². The zero-order valence-corrected chi connectivity index (χ0v) is 8.93.